The number of sulfonamides is 1. The minimum absolute atomic E-state index is 0.0282. The fourth-order valence-electron chi connectivity index (χ4n) is 4.35. The molecule has 1 heterocycles. The number of alkyl halides is 3. The second kappa shape index (κ2) is 13.9. The molecule has 216 valence electrons. The van der Waals surface area contributed by atoms with Crippen LogP contribution < -0.4 is 15.8 Å². The van der Waals surface area contributed by atoms with Gasteiger partial charge in [-0.2, -0.15) is 13.2 Å². The Balaban J connectivity index is 1.81. The van der Waals surface area contributed by atoms with Crippen molar-refractivity contribution in [1.82, 2.24) is 14.9 Å². The highest BCUT2D eigenvalue weighted by atomic mass is 32.2. The third-order valence-corrected chi connectivity index (χ3v) is 8.55. The normalized spacial score (nSPS) is 19.8. The lowest BCUT2D eigenvalue weighted by Crippen LogP contribution is -2.54. The minimum atomic E-state index is -5.15. The molecule has 4 amide bonds. The molecule has 38 heavy (non-hydrogen) atoms. The van der Waals surface area contributed by atoms with Crippen LogP contribution in [0.3, 0.4) is 0 Å². The molecule has 0 unspecified atom stereocenters. The van der Waals surface area contributed by atoms with Gasteiger partial charge in [0.1, 0.15) is 12.1 Å². The maximum absolute atomic E-state index is 12.9. The van der Waals surface area contributed by atoms with Gasteiger partial charge in [-0.3, -0.25) is 23.9 Å². The van der Waals surface area contributed by atoms with E-state index in [2.05, 4.69) is 4.72 Å². The molecule has 2 aliphatic rings. The zero-order chi connectivity index (χ0) is 28.5. The Bertz CT molecular complexity index is 998. The highest BCUT2D eigenvalue weighted by molar-refractivity contribution is 7.90. The van der Waals surface area contributed by atoms with E-state index in [4.69, 9.17) is 5.73 Å². The van der Waals surface area contributed by atoms with Crippen molar-refractivity contribution >= 4 is 33.7 Å². The average Bonchev–Trinajstić information content (AvgIpc) is 3.58. The lowest BCUT2D eigenvalue weighted by Gasteiger charge is -2.28. The van der Waals surface area contributed by atoms with Crippen LogP contribution in [0.15, 0.2) is 12.2 Å². The van der Waals surface area contributed by atoms with Crippen LogP contribution in [0.5, 0.6) is 0 Å². The Hall–Kier alpha value is -2.64. The van der Waals surface area contributed by atoms with Crippen molar-refractivity contribution in [2.24, 2.45) is 11.7 Å². The summed E-state index contributed by atoms with van der Waals surface area (Å²) in [7, 11) is -3.58. The number of hydrogen-bond acceptors (Lipinski definition) is 6. The largest absolute Gasteiger partial charge is 0.471 e. The van der Waals surface area contributed by atoms with Gasteiger partial charge in [-0.25, -0.2) is 8.42 Å². The predicted octanol–water partition coefficient (Wildman–Crippen LogP) is 2.04. The van der Waals surface area contributed by atoms with Crippen molar-refractivity contribution in [2.75, 3.05) is 6.54 Å². The molecule has 14 heteroatoms. The van der Waals surface area contributed by atoms with Crippen molar-refractivity contribution in [3.05, 3.63) is 12.2 Å². The summed E-state index contributed by atoms with van der Waals surface area (Å²) in [5.41, 5.74) is 5.31. The number of primary amides is 1. The summed E-state index contributed by atoms with van der Waals surface area (Å²) in [6.07, 6.45) is 3.34. The smallest absolute Gasteiger partial charge is 0.368 e. The van der Waals surface area contributed by atoms with Gasteiger partial charge in [-0.05, 0) is 57.3 Å². The summed E-state index contributed by atoms with van der Waals surface area (Å²) in [5, 5.41) is 1.29. The van der Waals surface area contributed by atoms with Crippen molar-refractivity contribution in [1.29, 1.82) is 0 Å². The van der Waals surface area contributed by atoms with Crippen LogP contribution in [-0.4, -0.2) is 67.0 Å². The standard InChI is InChI=1S/C24H37F3N4O6S/c1-2-16(15-20(32)30-38(36,37)17-12-13-17)9-6-4-3-5-7-10-18(29-23(35)24(25,26)27)22(34)31-14-8-11-19(31)21(28)33/h6,9,16-19H,2-5,7-8,10-15H2,1H3,(H2,28,33)(H,29,35)(H,30,32)/b9-6-/t16-,18-,19-/m0/s1. The monoisotopic (exact) mass is 566 g/mol. The topological polar surface area (TPSA) is 156 Å². The van der Waals surface area contributed by atoms with E-state index in [0.29, 0.717) is 57.8 Å². The van der Waals surface area contributed by atoms with Gasteiger partial charge in [0.05, 0.1) is 5.25 Å². The summed E-state index contributed by atoms with van der Waals surface area (Å²) < 4.78 is 64.3. The van der Waals surface area contributed by atoms with Gasteiger partial charge in [-0.1, -0.05) is 31.9 Å². The van der Waals surface area contributed by atoms with Gasteiger partial charge in [0.15, 0.2) is 0 Å². The number of halogens is 3. The summed E-state index contributed by atoms with van der Waals surface area (Å²) in [6, 6.07) is -2.32. The van der Waals surface area contributed by atoms with E-state index in [0.717, 1.165) is 4.90 Å². The molecule has 3 atom stereocenters. The van der Waals surface area contributed by atoms with E-state index in [9.17, 15) is 40.8 Å². The molecule has 2 fully saturated rings. The van der Waals surface area contributed by atoms with Gasteiger partial charge < -0.3 is 16.0 Å². The molecule has 0 bridgehead atoms. The van der Waals surface area contributed by atoms with E-state index in [1.54, 1.807) is 5.32 Å². The number of rotatable bonds is 15. The first-order valence-corrected chi connectivity index (χ1v) is 14.5. The molecule has 1 aliphatic carbocycles. The van der Waals surface area contributed by atoms with Crippen LogP contribution in [0.1, 0.15) is 77.6 Å². The summed E-state index contributed by atoms with van der Waals surface area (Å²) in [4.78, 5) is 49.2. The number of nitrogens with zero attached hydrogens (tertiary/aromatic N) is 1. The fourth-order valence-corrected chi connectivity index (χ4v) is 5.67. The Morgan fingerprint density at radius 2 is 1.79 bits per heavy atom. The zero-order valence-corrected chi connectivity index (χ0v) is 22.3. The number of unbranched alkanes of at least 4 members (excludes halogenated alkanes) is 3. The maximum atomic E-state index is 12.9. The second-order valence-electron chi connectivity index (χ2n) is 9.82. The van der Waals surface area contributed by atoms with Gasteiger partial charge in [-0.15, -0.1) is 0 Å². The van der Waals surface area contributed by atoms with Crippen LogP contribution in [0.25, 0.3) is 0 Å². The van der Waals surface area contributed by atoms with Crippen molar-refractivity contribution in [2.45, 2.75) is 101 Å². The van der Waals surface area contributed by atoms with E-state index >= 15 is 0 Å². The molecule has 0 aromatic carbocycles. The highest BCUT2D eigenvalue weighted by Crippen LogP contribution is 2.27. The molecule has 0 aromatic rings. The quantitative estimate of drug-likeness (QED) is 0.204. The average molecular weight is 567 g/mol. The molecule has 0 aromatic heterocycles. The number of carbonyl (C=O) groups excluding carboxylic acids is 4. The number of nitrogens with one attached hydrogen (secondary N) is 2. The zero-order valence-electron chi connectivity index (χ0n) is 21.5. The number of amides is 4. The molecule has 10 nitrogen and oxygen atoms in total. The fraction of sp³-hybridized carbons (Fsp3) is 0.750. The number of nitrogens with two attached hydrogens (primary N) is 1. The first-order chi connectivity index (χ1) is 17.8. The lowest BCUT2D eigenvalue weighted by molar-refractivity contribution is -0.175. The van der Waals surface area contributed by atoms with E-state index in [1.165, 1.54) is 0 Å². The Morgan fingerprint density at radius 1 is 1.11 bits per heavy atom. The number of hydrogen-bond donors (Lipinski definition) is 3. The van der Waals surface area contributed by atoms with Crippen LogP contribution in [0.4, 0.5) is 13.2 Å². The first-order valence-electron chi connectivity index (χ1n) is 12.9. The third kappa shape index (κ3) is 9.91. The molecular weight excluding hydrogens is 529 g/mol. The highest BCUT2D eigenvalue weighted by Gasteiger charge is 2.43. The minimum Gasteiger partial charge on any atom is -0.368 e. The third-order valence-electron chi connectivity index (χ3n) is 6.69. The Morgan fingerprint density at radius 3 is 2.37 bits per heavy atom. The number of likely N-dealkylation sites (tertiary alicyclic amines) is 1. The van der Waals surface area contributed by atoms with Crippen molar-refractivity contribution < 1.29 is 40.8 Å². The molecule has 0 radical (unpaired) electrons. The SMILES string of the molecule is CC[C@@H](/C=C\CCCCC[C@H](NC(=O)C(F)(F)F)C(=O)N1CCC[C@H]1C(N)=O)CC(=O)NS(=O)(=O)C1CC1. The molecule has 4 N–H and O–H groups in total. The first kappa shape index (κ1) is 31.6. The summed E-state index contributed by atoms with van der Waals surface area (Å²) in [5.74, 6) is -4.38. The molecule has 1 saturated carbocycles. The van der Waals surface area contributed by atoms with Gasteiger partial charge in [0.2, 0.25) is 27.7 Å². The van der Waals surface area contributed by atoms with Crippen LogP contribution >= 0.6 is 0 Å². The second-order valence-corrected chi connectivity index (χ2v) is 11.8. The Labute approximate surface area is 221 Å². The molecule has 2 rings (SSSR count). The van der Waals surface area contributed by atoms with Crippen LogP contribution in [-0.2, 0) is 29.2 Å². The van der Waals surface area contributed by atoms with Gasteiger partial charge in [0.25, 0.3) is 0 Å². The van der Waals surface area contributed by atoms with Crippen molar-refractivity contribution in [3.8, 4) is 0 Å². The summed E-state index contributed by atoms with van der Waals surface area (Å²) >= 11 is 0. The van der Waals surface area contributed by atoms with Crippen molar-refractivity contribution in [3.63, 3.8) is 0 Å². The lowest BCUT2D eigenvalue weighted by atomic mass is 10.0. The number of carbonyl (C=O) groups is 4. The summed E-state index contributed by atoms with van der Waals surface area (Å²) in [6.45, 7) is 2.06. The Kier molecular flexibility index (Phi) is 11.6. The predicted molar refractivity (Wildman–Crippen MR) is 133 cm³/mol. The van der Waals surface area contributed by atoms with E-state index in [-0.39, 0.29) is 25.3 Å². The van der Waals surface area contributed by atoms with Gasteiger partial charge in [0, 0.05) is 13.0 Å². The molecule has 1 aliphatic heterocycles. The van der Waals surface area contributed by atoms with E-state index in [1.807, 2.05) is 19.1 Å². The van der Waals surface area contributed by atoms with Gasteiger partial charge >= 0.3 is 12.1 Å². The maximum Gasteiger partial charge on any atom is 0.471 e. The van der Waals surface area contributed by atoms with Crippen LogP contribution in [0.2, 0.25) is 0 Å². The van der Waals surface area contributed by atoms with E-state index < -0.39 is 57.2 Å². The number of allylic oxidation sites excluding steroid dienone is 2. The van der Waals surface area contributed by atoms with Crippen LogP contribution in [0, 0.1) is 5.92 Å². The molecular formula is C24H37F3N4O6S. The molecule has 1 saturated heterocycles. The molecule has 0 spiro atoms.